The van der Waals surface area contributed by atoms with E-state index < -0.39 is 0 Å². The number of hydrogen-bond donors (Lipinski definition) is 1. The van der Waals surface area contributed by atoms with Gasteiger partial charge in [0.2, 0.25) is 5.91 Å². The van der Waals surface area contributed by atoms with Gasteiger partial charge in [-0.3, -0.25) is 9.78 Å². The number of nitrogens with one attached hydrogen (secondary N) is 1. The summed E-state index contributed by atoms with van der Waals surface area (Å²) in [6.07, 6.45) is 5.68. The van der Waals surface area contributed by atoms with Gasteiger partial charge in [-0.05, 0) is 47.0 Å². The largest absolute Gasteiger partial charge is 0.352 e. The molecule has 0 fully saturated rings. The maximum Gasteiger partial charge on any atom is 0.221 e. The first-order chi connectivity index (χ1) is 14.1. The van der Waals surface area contributed by atoms with Gasteiger partial charge >= 0.3 is 0 Å². The maximum atomic E-state index is 14.0. The molecule has 1 amide bonds. The van der Waals surface area contributed by atoms with Gasteiger partial charge in [0.1, 0.15) is 5.82 Å². The molecule has 0 aliphatic heterocycles. The molecule has 0 spiro atoms. The average molecular weight is 387 g/mol. The van der Waals surface area contributed by atoms with E-state index >= 15 is 0 Å². The molecular weight excluding hydrogens is 365 g/mol. The molecule has 0 radical (unpaired) electrons. The van der Waals surface area contributed by atoms with Crippen LogP contribution in [0.1, 0.15) is 29.0 Å². The van der Waals surface area contributed by atoms with Crippen LogP contribution >= 0.6 is 0 Å². The van der Waals surface area contributed by atoms with Crippen LogP contribution in [-0.4, -0.2) is 15.5 Å². The number of aromatic nitrogens is 2. The minimum atomic E-state index is -0.301. The molecule has 0 saturated carbocycles. The fraction of sp³-hybridized carbons (Fsp3) is 0.167. The van der Waals surface area contributed by atoms with E-state index in [-0.39, 0.29) is 24.1 Å². The highest BCUT2D eigenvalue weighted by Crippen LogP contribution is 2.34. The van der Waals surface area contributed by atoms with Crippen molar-refractivity contribution in [2.75, 3.05) is 0 Å². The molecule has 0 aliphatic carbocycles. The fourth-order valence-corrected chi connectivity index (χ4v) is 3.74. The van der Waals surface area contributed by atoms with Crippen molar-refractivity contribution in [1.29, 1.82) is 0 Å². The molecule has 5 heteroatoms. The summed E-state index contributed by atoms with van der Waals surface area (Å²) in [5.74, 6) is -0.622. The number of para-hydroxylation sites is 1. The van der Waals surface area contributed by atoms with Crippen molar-refractivity contribution in [2.24, 2.45) is 7.05 Å². The number of carbonyl (C=O) groups excluding carboxylic acids is 1. The van der Waals surface area contributed by atoms with Gasteiger partial charge in [0, 0.05) is 55.4 Å². The Morgan fingerprint density at radius 2 is 1.90 bits per heavy atom. The first-order valence-electron chi connectivity index (χ1n) is 9.57. The maximum absolute atomic E-state index is 14.0. The quantitative estimate of drug-likeness (QED) is 0.528. The van der Waals surface area contributed by atoms with Crippen molar-refractivity contribution in [3.05, 3.63) is 102 Å². The highest BCUT2D eigenvalue weighted by Gasteiger charge is 2.22. The number of aryl methyl sites for hydroxylation is 1. The number of amides is 1. The van der Waals surface area contributed by atoms with E-state index in [1.54, 1.807) is 18.5 Å². The molecule has 146 valence electrons. The second-order valence-electron chi connectivity index (χ2n) is 7.16. The molecule has 4 aromatic rings. The Morgan fingerprint density at radius 1 is 1.10 bits per heavy atom. The molecule has 0 saturated heterocycles. The summed E-state index contributed by atoms with van der Waals surface area (Å²) in [5.41, 5.74) is 3.88. The van der Waals surface area contributed by atoms with Crippen molar-refractivity contribution in [2.45, 2.75) is 18.9 Å². The molecule has 2 heterocycles. The summed E-state index contributed by atoms with van der Waals surface area (Å²) < 4.78 is 16.0. The van der Waals surface area contributed by atoms with E-state index in [1.165, 1.54) is 12.1 Å². The van der Waals surface area contributed by atoms with E-state index in [1.807, 2.05) is 60.3 Å². The van der Waals surface area contributed by atoms with Crippen LogP contribution < -0.4 is 5.32 Å². The monoisotopic (exact) mass is 387 g/mol. The zero-order valence-electron chi connectivity index (χ0n) is 16.2. The van der Waals surface area contributed by atoms with Gasteiger partial charge in [0.15, 0.2) is 0 Å². The molecule has 1 unspecified atom stereocenters. The minimum absolute atomic E-state index is 0.0796. The number of pyridine rings is 1. The van der Waals surface area contributed by atoms with Crippen LogP contribution in [0.5, 0.6) is 0 Å². The van der Waals surface area contributed by atoms with Crippen molar-refractivity contribution in [3.63, 3.8) is 0 Å². The zero-order chi connectivity index (χ0) is 20.2. The molecule has 0 aliphatic rings. The van der Waals surface area contributed by atoms with E-state index in [0.717, 1.165) is 27.6 Å². The van der Waals surface area contributed by atoms with Gasteiger partial charge in [-0.25, -0.2) is 4.39 Å². The van der Waals surface area contributed by atoms with Crippen LogP contribution in [-0.2, 0) is 18.4 Å². The summed E-state index contributed by atoms with van der Waals surface area (Å²) in [5, 5.41) is 4.05. The molecule has 1 N–H and O–H groups in total. The van der Waals surface area contributed by atoms with Crippen LogP contribution in [0, 0.1) is 5.82 Å². The average Bonchev–Trinajstić information content (AvgIpc) is 3.08. The Hall–Kier alpha value is -3.47. The number of carbonyl (C=O) groups is 1. The van der Waals surface area contributed by atoms with Crippen LogP contribution in [0.3, 0.4) is 0 Å². The third kappa shape index (κ3) is 4.19. The van der Waals surface area contributed by atoms with E-state index in [2.05, 4.69) is 10.3 Å². The van der Waals surface area contributed by atoms with Gasteiger partial charge in [-0.15, -0.1) is 0 Å². The highest BCUT2D eigenvalue weighted by atomic mass is 19.1. The molecule has 2 aromatic heterocycles. The molecule has 1 atom stereocenters. The predicted molar refractivity (Wildman–Crippen MR) is 112 cm³/mol. The molecule has 4 rings (SSSR count). The van der Waals surface area contributed by atoms with Crippen LogP contribution in [0.25, 0.3) is 10.9 Å². The van der Waals surface area contributed by atoms with E-state index in [4.69, 9.17) is 0 Å². The summed E-state index contributed by atoms with van der Waals surface area (Å²) in [4.78, 5) is 16.8. The molecule has 4 nitrogen and oxygen atoms in total. The lowest BCUT2D eigenvalue weighted by atomic mass is 9.88. The number of rotatable bonds is 6. The molecule has 2 aromatic carbocycles. The molecular formula is C24H22FN3O. The van der Waals surface area contributed by atoms with Gasteiger partial charge < -0.3 is 9.88 Å². The second kappa shape index (κ2) is 8.27. The van der Waals surface area contributed by atoms with Gasteiger partial charge in [-0.2, -0.15) is 0 Å². The standard InChI is InChI=1S/C24H22FN3O/c1-28-16-22(20-7-2-3-8-23(20)28)21(18-5-4-6-19(25)13-18)14-24(29)27-15-17-9-11-26-12-10-17/h2-13,16,21H,14-15H2,1H3,(H,27,29). The van der Waals surface area contributed by atoms with Crippen molar-refractivity contribution < 1.29 is 9.18 Å². The number of fused-ring (bicyclic) bond motifs is 1. The summed E-state index contributed by atoms with van der Waals surface area (Å²) in [6, 6.07) is 18.3. The van der Waals surface area contributed by atoms with Crippen molar-refractivity contribution in [3.8, 4) is 0 Å². The van der Waals surface area contributed by atoms with Crippen molar-refractivity contribution in [1.82, 2.24) is 14.9 Å². The highest BCUT2D eigenvalue weighted by molar-refractivity contribution is 5.86. The Balaban J connectivity index is 1.65. The predicted octanol–water partition coefficient (Wildman–Crippen LogP) is 4.55. The zero-order valence-corrected chi connectivity index (χ0v) is 16.2. The third-order valence-electron chi connectivity index (χ3n) is 5.18. The number of benzene rings is 2. The first kappa shape index (κ1) is 18.9. The smallest absolute Gasteiger partial charge is 0.221 e. The Labute approximate surface area is 169 Å². The number of halogens is 1. The third-order valence-corrected chi connectivity index (χ3v) is 5.18. The van der Waals surface area contributed by atoms with E-state index in [9.17, 15) is 9.18 Å². The Kier molecular flexibility index (Phi) is 5.38. The van der Waals surface area contributed by atoms with Crippen molar-refractivity contribution >= 4 is 16.8 Å². The van der Waals surface area contributed by atoms with E-state index in [0.29, 0.717) is 6.54 Å². The normalized spacial score (nSPS) is 12.1. The Morgan fingerprint density at radius 3 is 2.69 bits per heavy atom. The van der Waals surface area contributed by atoms with Crippen LogP contribution in [0.15, 0.2) is 79.3 Å². The Bertz CT molecular complexity index is 1140. The van der Waals surface area contributed by atoms with Gasteiger partial charge in [0.25, 0.3) is 0 Å². The summed E-state index contributed by atoms with van der Waals surface area (Å²) >= 11 is 0. The summed E-state index contributed by atoms with van der Waals surface area (Å²) in [6.45, 7) is 0.437. The first-order valence-corrected chi connectivity index (χ1v) is 9.57. The summed E-state index contributed by atoms with van der Waals surface area (Å²) in [7, 11) is 1.98. The minimum Gasteiger partial charge on any atom is -0.352 e. The SMILES string of the molecule is Cn1cc(C(CC(=O)NCc2ccncc2)c2cccc(F)c2)c2ccccc21. The van der Waals surface area contributed by atoms with Crippen LogP contribution in [0.4, 0.5) is 4.39 Å². The molecule has 29 heavy (non-hydrogen) atoms. The molecule has 0 bridgehead atoms. The topological polar surface area (TPSA) is 46.9 Å². The second-order valence-corrected chi connectivity index (χ2v) is 7.16. The number of nitrogens with zero attached hydrogens (tertiary/aromatic N) is 2. The van der Waals surface area contributed by atoms with Gasteiger partial charge in [-0.1, -0.05) is 30.3 Å². The van der Waals surface area contributed by atoms with Gasteiger partial charge in [0.05, 0.1) is 0 Å². The van der Waals surface area contributed by atoms with Crippen LogP contribution in [0.2, 0.25) is 0 Å². The lowest BCUT2D eigenvalue weighted by Crippen LogP contribution is -2.25. The lowest BCUT2D eigenvalue weighted by Gasteiger charge is -2.17. The fourth-order valence-electron chi connectivity index (χ4n) is 3.74. The number of hydrogen-bond acceptors (Lipinski definition) is 2. The lowest BCUT2D eigenvalue weighted by molar-refractivity contribution is -0.121.